The summed E-state index contributed by atoms with van der Waals surface area (Å²) in [5.74, 6) is -0.670. The Morgan fingerprint density at radius 3 is 3.07 bits per heavy atom. The molecule has 0 aromatic rings. The van der Waals surface area contributed by atoms with Crippen LogP contribution in [0.15, 0.2) is 0 Å². The molecular weight excluding hydrogens is 198 g/mol. The molecule has 0 aliphatic carbocycles. The minimum absolute atomic E-state index is 0.0644. The van der Waals surface area contributed by atoms with E-state index >= 15 is 0 Å². The molecule has 2 fully saturated rings. The summed E-state index contributed by atoms with van der Waals surface area (Å²) in [6, 6.07) is 0.0644. The molecule has 2 aliphatic heterocycles. The number of carbonyl (C=O) groups is 1. The number of hydrogen-bond donors (Lipinski definition) is 1. The number of aliphatic hydroxyl groups is 1. The highest BCUT2D eigenvalue weighted by molar-refractivity contribution is 5.75. The number of fused-ring (bicyclic) bond motifs is 1. The molecular formula is C10H17NO4. The zero-order chi connectivity index (χ0) is 11.1. The summed E-state index contributed by atoms with van der Waals surface area (Å²) in [6.45, 7) is 2.42. The normalized spacial score (nSPS) is 40.5. The number of nitrogens with zero attached hydrogens (tertiary/aromatic N) is 1. The maximum absolute atomic E-state index is 11.7. The van der Waals surface area contributed by atoms with Gasteiger partial charge in [-0.3, -0.25) is 9.63 Å². The maximum Gasteiger partial charge on any atom is 0.313 e. The highest BCUT2D eigenvalue weighted by atomic mass is 16.7. The summed E-state index contributed by atoms with van der Waals surface area (Å²) >= 11 is 0. The van der Waals surface area contributed by atoms with E-state index in [1.165, 1.54) is 7.11 Å². The molecule has 0 aromatic carbocycles. The van der Waals surface area contributed by atoms with E-state index in [0.717, 1.165) is 19.4 Å². The van der Waals surface area contributed by atoms with Gasteiger partial charge in [-0.2, -0.15) is 5.06 Å². The van der Waals surface area contributed by atoms with Gasteiger partial charge in [0.25, 0.3) is 0 Å². The number of esters is 1. The van der Waals surface area contributed by atoms with E-state index in [4.69, 9.17) is 9.57 Å². The second kappa shape index (κ2) is 3.73. The van der Waals surface area contributed by atoms with Gasteiger partial charge in [0.1, 0.15) is 11.5 Å². The molecule has 5 heteroatoms. The van der Waals surface area contributed by atoms with Gasteiger partial charge in [-0.25, -0.2) is 0 Å². The van der Waals surface area contributed by atoms with Crippen molar-refractivity contribution in [2.45, 2.75) is 31.4 Å². The maximum atomic E-state index is 11.7. The first-order chi connectivity index (χ1) is 7.12. The summed E-state index contributed by atoms with van der Waals surface area (Å²) in [6.07, 6.45) is 1.95. The zero-order valence-electron chi connectivity index (χ0n) is 9.10. The Morgan fingerprint density at radius 2 is 2.47 bits per heavy atom. The lowest BCUT2D eigenvalue weighted by Crippen LogP contribution is -2.44. The Kier molecular flexibility index (Phi) is 2.70. The molecule has 0 aromatic heterocycles. The third-order valence-electron chi connectivity index (χ3n) is 3.39. The number of rotatable bonds is 2. The summed E-state index contributed by atoms with van der Waals surface area (Å²) in [5, 5.41) is 11.2. The number of carbonyl (C=O) groups excluding carboxylic acids is 1. The van der Waals surface area contributed by atoms with Crippen LogP contribution in [0.25, 0.3) is 0 Å². The zero-order valence-corrected chi connectivity index (χ0v) is 9.10. The van der Waals surface area contributed by atoms with E-state index in [9.17, 15) is 9.90 Å². The van der Waals surface area contributed by atoms with Crippen LogP contribution < -0.4 is 0 Å². The molecule has 0 spiro atoms. The third-order valence-corrected chi connectivity index (χ3v) is 3.39. The molecule has 86 valence electrons. The van der Waals surface area contributed by atoms with Gasteiger partial charge in [-0.05, 0) is 19.8 Å². The van der Waals surface area contributed by atoms with E-state index in [1.807, 2.05) is 5.06 Å². The lowest BCUT2D eigenvalue weighted by Gasteiger charge is -2.26. The predicted octanol–water partition coefficient (Wildman–Crippen LogP) is -0.0638. The molecule has 2 heterocycles. The van der Waals surface area contributed by atoms with Gasteiger partial charge >= 0.3 is 5.97 Å². The number of hydrogen-bond acceptors (Lipinski definition) is 5. The van der Waals surface area contributed by atoms with Crippen molar-refractivity contribution in [3.63, 3.8) is 0 Å². The minimum atomic E-state index is -0.821. The van der Waals surface area contributed by atoms with Crippen LogP contribution in [-0.4, -0.2) is 48.0 Å². The third kappa shape index (κ3) is 1.55. The smallest absolute Gasteiger partial charge is 0.313 e. The molecule has 2 rings (SSSR count). The van der Waals surface area contributed by atoms with Crippen molar-refractivity contribution in [3.8, 4) is 0 Å². The monoisotopic (exact) mass is 215 g/mol. The number of methoxy groups -OCH3 is 1. The molecule has 5 nitrogen and oxygen atoms in total. The molecule has 0 saturated carbocycles. The standard InChI is InChI=1S/C10H17NO4/c1-10(6-12)8(9(13)14-2)7-4-3-5-11(7)15-10/h7-8,12H,3-6H2,1-2H3/t7-,8-,10-/m0/s1. The second-order valence-electron chi connectivity index (χ2n) is 4.41. The van der Waals surface area contributed by atoms with E-state index in [2.05, 4.69) is 0 Å². The van der Waals surface area contributed by atoms with Crippen LogP contribution in [0.4, 0.5) is 0 Å². The Hall–Kier alpha value is -0.650. The van der Waals surface area contributed by atoms with E-state index in [1.54, 1.807) is 6.92 Å². The molecule has 1 N–H and O–H groups in total. The Balaban J connectivity index is 2.24. The van der Waals surface area contributed by atoms with Gasteiger partial charge in [-0.15, -0.1) is 0 Å². The Labute approximate surface area is 88.9 Å². The van der Waals surface area contributed by atoms with E-state index in [-0.39, 0.29) is 24.5 Å². The van der Waals surface area contributed by atoms with Crippen molar-refractivity contribution in [1.29, 1.82) is 0 Å². The summed E-state index contributed by atoms with van der Waals surface area (Å²) in [7, 11) is 1.37. The predicted molar refractivity (Wildman–Crippen MR) is 51.8 cm³/mol. The Morgan fingerprint density at radius 1 is 1.73 bits per heavy atom. The topological polar surface area (TPSA) is 59.0 Å². The quantitative estimate of drug-likeness (QED) is 0.654. The first kappa shape index (κ1) is 10.9. The highest BCUT2D eigenvalue weighted by Crippen LogP contribution is 2.42. The van der Waals surface area contributed by atoms with Crippen LogP contribution >= 0.6 is 0 Å². The summed E-state index contributed by atoms with van der Waals surface area (Å²) in [5.41, 5.74) is -0.821. The highest BCUT2D eigenvalue weighted by Gasteiger charge is 2.56. The van der Waals surface area contributed by atoms with Gasteiger partial charge in [0.15, 0.2) is 0 Å². The SMILES string of the molecule is COC(=O)[C@@H]1[C@@H]2CCCN2O[C@@]1(C)CO. The first-order valence-electron chi connectivity index (χ1n) is 5.27. The fourth-order valence-corrected chi connectivity index (χ4v) is 2.60. The first-order valence-corrected chi connectivity index (χ1v) is 5.27. The van der Waals surface area contributed by atoms with Crippen molar-refractivity contribution < 1.29 is 19.5 Å². The molecule has 2 aliphatic rings. The second-order valence-corrected chi connectivity index (χ2v) is 4.41. The molecule has 3 atom stereocenters. The van der Waals surface area contributed by atoms with Crippen molar-refractivity contribution in [1.82, 2.24) is 5.06 Å². The summed E-state index contributed by atoms with van der Waals surface area (Å²) in [4.78, 5) is 17.3. The van der Waals surface area contributed by atoms with Gasteiger partial charge in [0.05, 0.1) is 19.8 Å². The van der Waals surface area contributed by atoms with Gasteiger partial charge in [0.2, 0.25) is 0 Å². The van der Waals surface area contributed by atoms with Crippen molar-refractivity contribution >= 4 is 5.97 Å². The van der Waals surface area contributed by atoms with Gasteiger partial charge < -0.3 is 9.84 Å². The lowest BCUT2D eigenvalue weighted by molar-refractivity contribution is -0.205. The van der Waals surface area contributed by atoms with Crippen LogP contribution in [0.5, 0.6) is 0 Å². The fraction of sp³-hybridized carbons (Fsp3) is 0.900. The number of ether oxygens (including phenoxy) is 1. The largest absolute Gasteiger partial charge is 0.469 e. The number of aliphatic hydroxyl groups excluding tert-OH is 1. The molecule has 0 radical (unpaired) electrons. The lowest BCUT2D eigenvalue weighted by atomic mass is 9.84. The van der Waals surface area contributed by atoms with Crippen molar-refractivity contribution in [2.24, 2.45) is 5.92 Å². The van der Waals surface area contributed by atoms with Crippen LogP contribution in [0.1, 0.15) is 19.8 Å². The molecule has 0 amide bonds. The van der Waals surface area contributed by atoms with Crippen molar-refractivity contribution in [2.75, 3.05) is 20.3 Å². The molecule has 2 saturated heterocycles. The van der Waals surface area contributed by atoms with E-state index < -0.39 is 5.60 Å². The number of hydroxylamine groups is 2. The van der Waals surface area contributed by atoms with Crippen molar-refractivity contribution in [3.05, 3.63) is 0 Å². The summed E-state index contributed by atoms with van der Waals surface area (Å²) < 4.78 is 4.78. The Bertz CT molecular complexity index is 270. The van der Waals surface area contributed by atoms with Crippen LogP contribution in [-0.2, 0) is 14.4 Å². The molecule has 0 unspecified atom stereocenters. The van der Waals surface area contributed by atoms with Gasteiger partial charge in [0, 0.05) is 6.54 Å². The van der Waals surface area contributed by atoms with Gasteiger partial charge in [-0.1, -0.05) is 0 Å². The van der Waals surface area contributed by atoms with Crippen LogP contribution in [0.2, 0.25) is 0 Å². The van der Waals surface area contributed by atoms with E-state index in [0.29, 0.717) is 0 Å². The van der Waals surface area contributed by atoms with Crippen LogP contribution in [0, 0.1) is 5.92 Å². The average Bonchev–Trinajstić information content (AvgIpc) is 2.75. The molecule has 15 heavy (non-hydrogen) atoms. The fourth-order valence-electron chi connectivity index (χ4n) is 2.60. The minimum Gasteiger partial charge on any atom is -0.469 e. The van der Waals surface area contributed by atoms with Crippen LogP contribution in [0.3, 0.4) is 0 Å². The average molecular weight is 215 g/mol. The molecule has 0 bridgehead atoms.